The topological polar surface area (TPSA) is 73.0 Å². The first-order valence-electron chi connectivity index (χ1n) is 10.9. The predicted octanol–water partition coefficient (Wildman–Crippen LogP) is 6.42. The number of oxazole rings is 1. The zero-order valence-electron chi connectivity index (χ0n) is 17.9. The Bertz CT molecular complexity index is 1290. The number of carbonyl (C=O) groups is 1. The first kappa shape index (κ1) is 21.7. The van der Waals surface area contributed by atoms with Gasteiger partial charge in [-0.1, -0.05) is 23.2 Å². The zero-order valence-corrected chi connectivity index (χ0v) is 19.4. The Labute approximate surface area is 201 Å². The second kappa shape index (κ2) is 9.41. The second-order valence-electron chi connectivity index (χ2n) is 8.05. The molecule has 0 fully saturated rings. The van der Waals surface area contributed by atoms with Crippen LogP contribution in [0.5, 0.6) is 0 Å². The molecule has 4 aromatic rings. The summed E-state index contributed by atoms with van der Waals surface area (Å²) in [5.74, 6) is 1.91. The monoisotopic (exact) mass is 480 g/mol. The molecule has 0 saturated heterocycles. The normalized spacial score (nSPS) is 13.0. The van der Waals surface area contributed by atoms with E-state index in [1.54, 1.807) is 24.4 Å². The van der Waals surface area contributed by atoms with E-state index in [4.69, 9.17) is 27.6 Å². The first-order valence-corrected chi connectivity index (χ1v) is 11.7. The maximum atomic E-state index is 12.4. The van der Waals surface area contributed by atoms with Crippen molar-refractivity contribution in [2.24, 2.45) is 0 Å². The molecule has 1 aliphatic rings. The van der Waals surface area contributed by atoms with Gasteiger partial charge in [0.25, 0.3) is 0 Å². The molecule has 0 unspecified atom stereocenters. The van der Waals surface area contributed by atoms with Gasteiger partial charge in [-0.15, -0.1) is 0 Å². The summed E-state index contributed by atoms with van der Waals surface area (Å²) in [5, 5.41) is 3.97. The average molecular weight is 481 g/mol. The summed E-state index contributed by atoms with van der Waals surface area (Å²) >= 11 is 12.2. The number of hydrogen-bond donors (Lipinski definition) is 1. The number of nitrogens with one attached hydrogen (secondary N) is 1. The minimum Gasteiger partial charge on any atom is -0.441 e. The number of aryl methyl sites for hydroxylation is 2. The van der Waals surface area contributed by atoms with Gasteiger partial charge >= 0.3 is 0 Å². The highest BCUT2D eigenvalue weighted by Gasteiger charge is 2.16. The number of benzene rings is 2. The van der Waals surface area contributed by atoms with Crippen LogP contribution in [0.3, 0.4) is 0 Å². The van der Waals surface area contributed by atoms with Crippen LogP contribution in [0.4, 0.5) is 5.69 Å². The van der Waals surface area contributed by atoms with Crippen molar-refractivity contribution in [2.75, 3.05) is 5.32 Å². The Morgan fingerprint density at radius 1 is 1.06 bits per heavy atom. The Kier molecular flexibility index (Phi) is 6.20. The molecule has 1 amide bonds. The van der Waals surface area contributed by atoms with Crippen molar-refractivity contribution < 1.29 is 9.21 Å². The van der Waals surface area contributed by atoms with E-state index in [-0.39, 0.29) is 12.3 Å². The van der Waals surface area contributed by atoms with Crippen LogP contribution < -0.4 is 5.32 Å². The lowest BCUT2D eigenvalue weighted by Gasteiger charge is -2.16. The van der Waals surface area contributed by atoms with Gasteiger partial charge < -0.3 is 14.3 Å². The highest BCUT2D eigenvalue weighted by atomic mass is 35.5. The van der Waals surface area contributed by atoms with E-state index >= 15 is 0 Å². The Hall–Kier alpha value is -3.09. The van der Waals surface area contributed by atoms with E-state index in [0.29, 0.717) is 33.7 Å². The van der Waals surface area contributed by atoms with Gasteiger partial charge in [0.05, 0.1) is 11.2 Å². The van der Waals surface area contributed by atoms with Crippen molar-refractivity contribution in [3.8, 4) is 22.7 Å². The highest BCUT2D eigenvalue weighted by Crippen LogP contribution is 2.31. The SMILES string of the molecule is O=C(CCc1ncc(-c2ccc(Cl)cc2Cl)o1)Nc1ccc(-c2ncc3n2CCCC3)cc1. The summed E-state index contributed by atoms with van der Waals surface area (Å²) < 4.78 is 8.06. The van der Waals surface area contributed by atoms with E-state index in [9.17, 15) is 4.79 Å². The molecule has 0 aliphatic carbocycles. The molecule has 0 radical (unpaired) electrons. The fourth-order valence-corrected chi connectivity index (χ4v) is 4.55. The summed E-state index contributed by atoms with van der Waals surface area (Å²) in [7, 11) is 0. The van der Waals surface area contributed by atoms with Crippen LogP contribution in [0.15, 0.2) is 59.3 Å². The van der Waals surface area contributed by atoms with Crippen LogP contribution in [0, 0.1) is 0 Å². The quantitative estimate of drug-likeness (QED) is 0.345. The summed E-state index contributed by atoms with van der Waals surface area (Å²) in [5.41, 5.74) is 3.80. The number of fused-ring (bicyclic) bond motifs is 1. The number of halogens is 2. The molecule has 0 spiro atoms. The van der Waals surface area contributed by atoms with Crippen LogP contribution in [-0.2, 0) is 24.2 Å². The van der Waals surface area contributed by atoms with Crippen LogP contribution in [0.25, 0.3) is 22.7 Å². The molecule has 33 heavy (non-hydrogen) atoms. The summed E-state index contributed by atoms with van der Waals surface area (Å²) in [6, 6.07) is 13.0. The van der Waals surface area contributed by atoms with Crippen LogP contribution in [0.2, 0.25) is 10.0 Å². The number of amides is 1. The Morgan fingerprint density at radius 3 is 2.73 bits per heavy atom. The van der Waals surface area contributed by atoms with Crippen molar-refractivity contribution in [3.63, 3.8) is 0 Å². The lowest BCUT2D eigenvalue weighted by molar-refractivity contribution is -0.116. The van der Waals surface area contributed by atoms with Crippen molar-refractivity contribution in [3.05, 3.63) is 76.5 Å². The molecule has 1 aliphatic heterocycles. The van der Waals surface area contributed by atoms with Crippen molar-refractivity contribution in [1.29, 1.82) is 0 Å². The zero-order chi connectivity index (χ0) is 22.8. The summed E-state index contributed by atoms with van der Waals surface area (Å²) in [4.78, 5) is 21.3. The van der Waals surface area contributed by atoms with Crippen LogP contribution in [0.1, 0.15) is 30.8 Å². The van der Waals surface area contributed by atoms with E-state index in [0.717, 1.165) is 30.0 Å². The molecule has 2 aromatic heterocycles. The molecule has 0 bridgehead atoms. The number of hydrogen-bond acceptors (Lipinski definition) is 4. The third-order valence-corrected chi connectivity index (χ3v) is 6.29. The Morgan fingerprint density at radius 2 is 1.91 bits per heavy atom. The van der Waals surface area contributed by atoms with E-state index < -0.39 is 0 Å². The van der Waals surface area contributed by atoms with Crippen molar-refractivity contribution in [1.82, 2.24) is 14.5 Å². The fraction of sp³-hybridized carbons (Fsp3) is 0.240. The summed E-state index contributed by atoms with van der Waals surface area (Å²) in [6.07, 6.45) is 7.71. The third kappa shape index (κ3) is 4.82. The van der Waals surface area contributed by atoms with E-state index in [2.05, 4.69) is 19.9 Å². The molecule has 8 heteroatoms. The van der Waals surface area contributed by atoms with Gasteiger partial charge in [-0.05, 0) is 61.7 Å². The van der Waals surface area contributed by atoms with E-state index in [1.807, 2.05) is 30.5 Å². The maximum absolute atomic E-state index is 12.4. The number of rotatable bonds is 6. The number of anilines is 1. The van der Waals surface area contributed by atoms with Crippen LogP contribution >= 0.6 is 23.2 Å². The molecule has 2 aromatic carbocycles. The Balaban J connectivity index is 1.18. The van der Waals surface area contributed by atoms with Crippen molar-refractivity contribution >= 4 is 34.8 Å². The summed E-state index contributed by atoms with van der Waals surface area (Å²) in [6.45, 7) is 1.01. The second-order valence-corrected chi connectivity index (χ2v) is 8.89. The first-order chi connectivity index (χ1) is 16.1. The smallest absolute Gasteiger partial charge is 0.224 e. The number of aromatic nitrogens is 3. The molecular weight excluding hydrogens is 459 g/mol. The largest absolute Gasteiger partial charge is 0.441 e. The predicted molar refractivity (Wildman–Crippen MR) is 130 cm³/mol. The van der Waals surface area contributed by atoms with Gasteiger partial charge in [0.15, 0.2) is 11.7 Å². The molecular formula is C25H22Cl2N4O2. The highest BCUT2D eigenvalue weighted by molar-refractivity contribution is 6.36. The molecule has 1 N–H and O–H groups in total. The average Bonchev–Trinajstić information content (AvgIpc) is 3.46. The molecule has 0 saturated carbocycles. The molecule has 3 heterocycles. The van der Waals surface area contributed by atoms with Gasteiger partial charge in [0.1, 0.15) is 5.82 Å². The molecule has 168 valence electrons. The minimum atomic E-state index is -0.106. The number of nitrogens with zero attached hydrogens (tertiary/aromatic N) is 3. The molecule has 5 rings (SSSR count). The van der Waals surface area contributed by atoms with Gasteiger partial charge in [-0.2, -0.15) is 0 Å². The lowest BCUT2D eigenvalue weighted by Crippen LogP contribution is -2.12. The van der Waals surface area contributed by atoms with Gasteiger partial charge in [-0.25, -0.2) is 9.97 Å². The van der Waals surface area contributed by atoms with Crippen LogP contribution in [-0.4, -0.2) is 20.4 Å². The van der Waals surface area contributed by atoms with E-state index in [1.165, 1.54) is 18.5 Å². The van der Waals surface area contributed by atoms with Gasteiger partial charge in [0, 0.05) is 53.1 Å². The van der Waals surface area contributed by atoms with Gasteiger partial charge in [0.2, 0.25) is 5.91 Å². The standard InChI is InChI=1S/C25H22Cl2N4O2/c26-17-6-9-20(21(27)13-17)22-15-28-24(33-22)11-10-23(32)30-18-7-4-16(5-8-18)25-29-14-19-3-1-2-12-31(19)25/h4-9,13-15H,1-3,10-12H2,(H,30,32). The van der Waals surface area contributed by atoms with Gasteiger partial charge in [-0.3, -0.25) is 4.79 Å². The minimum absolute atomic E-state index is 0.106. The fourth-order valence-electron chi connectivity index (χ4n) is 4.05. The lowest BCUT2D eigenvalue weighted by atomic mass is 10.1. The number of carbonyl (C=O) groups excluding carboxylic acids is 1. The molecule has 0 atom stereocenters. The third-order valence-electron chi connectivity index (χ3n) is 5.75. The molecule has 6 nitrogen and oxygen atoms in total. The maximum Gasteiger partial charge on any atom is 0.224 e. The number of imidazole rings is 1. The van der Waals surface area contributed by atoms with Crippen molar-refractivity contribution in [2.45, 2.75) is 38.6 Å².